The maximum Gasteiger partial charge on any atom is 0.128 e. The second kappa shape index (κ2) is 20.8. The smallest absolute Gasteiger partial charge is 0.128 e. The van der Waals surface area contributed by atoms with Gasteiger partial charge in [-0.1, -0.05) is 85.0 Å². The van der Waals surface area contributed by atoms with Crippen LogP contribution in [-0.2, 0) is 0 Å². The Morgan fingerprint density at radius 3 is 1.60 bits per heavy atom. The molecule has 2 aromatic rings. The summed E-state index contributed by atoms with van der Waals surface area (Å²) in [7, 11) is 0. The molecule has 0 saturated heterocycles. The number of benzene rings is 2. The number of phenolic OH excluding ortho intramolecular Hbond substituents is 2. The molecule has 2 N–H and O–H groups in total. The molecule has 40 heavy (non-hydrogen) atoms. The van der Waals surface area contributed by atoms with Gasteiger partial charge in [-0.2, -0.15) is 0 Å². The zero-order valence-corrected chi connectivity index (χ0v) is 25.1. The van der Waals surface area contributed by atoms with Gasteiger partial charge in [0.15, 0.2) is 0 Å². The van der Waals surface area contributed by atoms with Gasteiger partial charge in [-0.3, -0.25) is 9.98 Å². The van der Waals surface area contributed by atoms with Gasteiger partial charge in [-0.05, 0) is 43.5 Å². The van der Waals surface area contributed by atoms with Gasteiger partial charge in [0, 0.05) is 35.7 Å². The Balaban J connectivity index is 1.76. The van der Waals surface area contributed by atoms with Gasteiger partial charge < -0.3 is 19.7 Å². The zero-order valence-electron chi connectivity index (χ0n) is 25.1. The predicted octanol–water partition coefficient (Wildman–Crippen LogP) is 8.89. The summed E-state index contributed by atoms with van der Waals surface area (Å²) in [6.07, 6.45) is 18.8. The van der Waals surface area contributed by atoms with Crippen molar-refractivity contribution >= 4 is 12.4 Å². The Morgan fingerprint density at radius 1 is 0.650 bits per heavy atom. The highest BCUT2D eigenvalue weighted by atomic mass is 16.5. The van der Waals surface area contributed by atoms with Crippen LogP contribution in [0.25, 0.3) is 0 Å². The van der Waals surface area contributed by atoms with E-state index in [2.05, 4.69) is 30.8 Å². The molecule has 0 fully saturated rings. The van der Waals surface area contributed by atoms with Gasteiger partial charge in [0.25, 0.3) is 0 Å². The van der Waals surface area contributed by atoms with Crippen LogP contribution in [0.2, 0.25) is 0 Å². The molecule has 1 atom stereocenters. The van der Waals surface area contributed by atoms with Crippen molar-refractivity contribution in [3.63, 3.8) is 0 Å². The number of phenols is 2. The van der Waals surface area contributed by atoms with Crippen LogP contribution in [-0.4, -0.2) is 48.4 Å². The predicted molar refractivity (Wildman–Crippen MR) is 168 cm³/mol. The van der Waals surface area contributed by atoms with Crippen molar-refractivity contribution in [2.45, 2.75) is 110 Å². The van der Waals surface area contributed by atoms with Crippen molar-refractivity contribution < 1.29 is 19.7 Å². The molecular formula is C34H52N2O4. The fourth-order valence-corrected chi connectivity index (χ4v) is 4.33. The van der Waals surface area contributed by atoms with E-state index in [1.807, 2.05) is 24.3 Å². The van der Waals surface area contributed by atoms with Crippen molar-refractivity contribution in [1.82, 2.24) is 0 Å². The first-order valence-electron chi connectivity index (χ1n) is 15.5. The van der Waals surface area contributed by atoms with Gasteiger partial charge in [-0.15, -0.1) is 0 Å². The molecule has 1 unspecified atom stereocenters. The number of aliphatic imine (C=N–C) groups is 2. The van der Waals surface area contributed by atoms with E-state index in [1.165, 1.54) is 64.2 Å². The van der Waals surface area contributed by atoms with E-state index in [9.17, 15) is 10.2 Å². The molecule has 0 aliphatic carbocycles. The molecule has 0 amide bonds. The highest BCUT2D eigenvalue weighted by Gasteiger charge is 2.06. The monoisotopic (exact) mass is 552 g/mol. The van der Waals surface area contributed by atoms with Gasteiger partial charge in [0.1, 0.15) is 23.0 Å². The third kappa shape index (κ3) is 13.9. The van der Waals surface area contributed by atoms with Crippen molar-refractivity contribution in [2.75, 3.05) is 19.8 Å². The average Bonchev–Trinajstić information content (AvgIpc) is 2.95. The molecule has 0 bridgehead atoms. The van der Waals surface area contributed by atoms with Gasteiger partial charge in [-0.25, -0.2) is 0 Å². The maximum absolute atomic E-state index is 10.4. The summed E-state index contributed by atoms with van der Waals surface area (Å²) in [4.78, 5) is 9.13. The Kier molecular flexibility index (Phi) is 17.3. The third-order valence-corrected chi connectivity index (χ3v) is 6.98. The van der Waals surface area contributed by atoms with Crippen LogP contribution in [0, 0.1) is 0 Å². The minimum absolute atomic E-state index is 0.0265. The quantitative estimate of drug-likeness (QED) is 0.113. The van der Waals surface area contributed by atoms with Crippen LogP contribution in [0.1, 0.15) is 115 Å². The molecule has 222 valence electrons. The summed E-state index contributed by atoms with van der Waals surface area (Å²) in [5.41, 5.74) is 1.31. The molecular weight excluding hydrogens is 500 g/mol. The normalized spacial score (nSPS) is 12.4. The van der Waals surface area contributed by atoms with Crippen LogP contribution >= 0.6 is 0 Å². The van der Waals surface area contributed by atoms with Crippen molar-refractivity contribution in [2.24, 2.45) is 9.98 Å². The van der Waals surface area contributed by atoms with Crippen molar-refractivity contribution in [1.29, 1.82) is 0 Å². The minimum Gasteiger partial charge on any atom is -0.507 e. The van der Waals surface area contributed by atoms with Gasteiger partial charge >= 0.3 is 0 Å². The lowest BCUT2D eigenvalue weighted by Crippen LogP contribution is -2.08. The number of rotatable bonds is 22. The molecule has 0 heterocycles. The van der Waals surface area contributed by atoms with E-state index in [1.54, 1.807) is 24.6 Å². The van der Waals surface area contributed by atoms with Crippen LogP contribution < -0.4 is 9.47 Å². The lowest BCUT2D eigenvalue weighted by molar-refractivity contribution is 0.302. The lowest BCUT2D eigenvalue weighted by Gasteiger charge is -2.09. The van der Waals surface area contributed by atoms with Gasteiger partial charge in [0.2, 0.25) is 0 Å². The molecule has 2 rings (SSSR count). The van der Waals surface area contributed by atoms with Crippen LogP contribution in [0.15, 0.2) is 46.4 Å². The average molecular weight is 553 g/mol. The fourth-order valence-electron chi connectivity index (χ4n) is 4.33. The Hall–Kier alpha value is -3.02. The number of ether oxygens (including phenoxy) is 2. The van der Waals surface area contributed by atoms with E-state index < -0.39 is 0 Å². The first kappa shape index (κ1) is 33.2. The van der Waals surface area contributed by atoms with E-state index in [0.29, 0.717) is 42.4 Å². The lowest BCUT2D eigenvalue weighted by atomic mass is 10.1. The molecule has 6 nitrogen and oxygen atoms in total. The van der Waals surface area contributed by atoms with Crippen molar-refractivity contribution in [3.05, 3.63) is 47.5 Å². The number of unbranched alkanes of at least 4 members (excludes halogenated alkanes) is 10. The SMILES string of the molecule is CCCCCCCCOc1ccc(C=NCC(CC)N=Cc2ccc(OCCCCCCCC)cc2O)c(O)c1. The third-order valence-electron chi connectivity index (χ3n) is 6.98. The number of hydrogen-bond donors (Lipinski definition) is 2. The summed E-state index contributed by atoms with van der Waals surface area (Å²) in [5, 5.41) is 20.8. The van der Waals surface area contributed by atoms with E-state index >= 15 is 0 Å². The second-order valence-electron chi connectivity index (χ2n) is 10.5. The first-order chi connectivity index (χ1) is 19.6. The molecule has 0 saturated carbocycles. The van der Waals surface area contributed by atoms with Gasteiger partial charge in [0.05, 0.1) is 25.8 Å². The first-order valence-corrected chi connectivity index (χ1v) is 15.5. The van der Waals surface area contributed by atoms with Crippen LogP contribution in [0.4, 0.5) is 0 Å². The summed E-state index contributed by atoms with van der Waals surface area (Å²) in [5.74, 6) is 1.67. The van der Waals surface area contributed by atoms with Crippen LogP contribution in [0.5, 0.6) is 23.0 Å². The molecule has 0 aliphatic heterocycles. The highest BCUT2D eigenvalue weighted by Crippen LogP contribution is 2.24. The van der Waals surface area contributed by atoms with E-state index in [0.717, 1.165) is 19.3 Å². The molecule has 0 spiro atoms. The summed E-state index contributed by atoms with van der Waals surface area (Å²) >= 11 is 0. The summed E-state index contributed by atoms with van der Waals surface area (Å²) < 4.78 is 11.6. The topological polar surface area (TPSA) is 83.6 Å². The Labute approximate surface area is 242 Å². The summed E-state index contributed by atoms with van der Waals surface area (Å²) in [6.45, 7) is 8.33. The molecule has 0 aromatic heterocycles. The van der Waals surface area contributed by atoms with E-state index in [-0.39, 0.29) is 17.5 Å². The Bertz CT molecular complexity index is 1010. The largest absolute Gasteiger partial charge is 0.507 e. The maximum atomic E-state index is 10.4. The van der Waals surface area contributed by atoms with Crippen molar-refractivity contribution in [3.8, 4) is 23.0 Å². The zero-order chi connectivity index (χ0) is 28.8. The highest BCUT2D eigenvalue weighted by molar-refractivity contribution is 5.84. The molecule has 2 aromatic carbocycles. The molecule has 0 aliphatic rings. The summed E-state index contributed by atoms with van der Waals surface area (Å²) in [6, 6.07) is 10.7. The number of nitrogens with zero attached hydrogens (tertiary/aromatic N) is 2. The molecule has 6 heteroatoms. The van der Waals surface area contributed by atoms with E-state index in [4.69, 9.17) is 9.47 Å². The second-order valence-corrected chi connectivity index (χ2v) is 10.5. The standard InChI is InChI=1S/C34H52N2O4/c1-4-7-9-11-13-15-21-39-31-19-17-28(33(37)23-31)25-35-27-30(6-3)36-26-29-18-20-32(24-34(29)38)40-22-16-14-12-10-8-5-2/h17-20,23-26,30,37-38H,4-16,21-22,27H2,1-3H3. The van der Waals surface area contributed by atoms with Crippen LogP contribution in [0.3, 0.4) is 0 Å². The number of aromatic hydroxyl groups is 2. The fraction of sp³-hybridized carbons (Fsp3) is 0.588. The minimum atomic E-state index is -0.0265. The Morgan fingerprint density at radius 2 is 1.12 bits per heavy atom. The number of hydrogen-bond acceptors (Lipinski definition) is 6. The molecule has 0 radical (unpaired) electrons.